The number of nitrogens with one attached hydrogen (secondary N) is 1. The van der Waals surface area contributed by atoms with Gasteiger partial charge in [-0.1, -0.05) is 6.92 Å². The molecule has 0 saturated carbocycles. The molecule has 96 valence electrons. The van der Waals surface area contributed by atoms with E-state index < -0.39 is 5.97 Å². The van der Waals surface area contributed by atoms with Crippen molar-refractivity contribution in [3.05, 3.63) is 23.2 Å². The van der Waals surface area contributed by atoms with Gasteiger partial charge < -0.3 is 14.8 Å². The van der Waals surface area contributed by atoms with Crippen LogP contribution >= 0.6 is 11.8 Å². The van der Waals surface area contributed by atoms with Gasteiger partial charge in [-0.05, 0) is 37.5 Å². The Morgan fingerprint density at radius 3 is 2.88 bits per heavy atom. The summed E-state index contributed by atoms with van der Waals surface area (Å²) in [7, 11) is 0. The average Bonchev–Trinajstić information content (AvgIpc) is 2.60. The van der Waals surface area contributed by atoms with Gasteiger partial charge >= 0.3 is 5.97 Å². The molecule has 4 nitrogen and oxygen atoms in total. The van der Waals surface area contributed by atoms with Gasteiger partial charge in [0, 0.05) is 5.56 Å². The second-order valence-electron chi connectivity index (χ2n) is 4.22. The molecule has 0 radical (unpaired) electrons. The molecule has 1 heterocycles. The summed E-state index contributed by atoms with van der Waals surface area (Å²) in [6.07, 6.45) is 2.09. The van der Waals surface area contributed by atoms with Gasteiger partial charge in [0.2, 0.25) is 5.76 Å². The Morgan fingerprint density at radius 2 is 2.35 bits per heavy atom. The first-order valence-electron chi connectivity index (χ1n) is 5.56. The van der Waals surface area contributed by atoms with E-state index in [1.165, 1.54) is 0 Å². The van der Waals surface area contributed by atoms with E-state index in [4.69, 9.17) is 9.52 Å². The van der Waals surface area contributed by atoms with E-state index in [1.807, 2.05) is 11.8 Å². The average molecular weight is 257 g/mol. The van der Waals surface area contributed by atoms with Crippen LogP contribution < -0.4 is 5.32 Å². The predicted octanol–water partition coefficient (Wildman–Crippen LogP) is 2.37. The lowest BCUT2D eigenvalue weighted by molar-refractivity contribution is 0.0659. The highest BCUT2D eigenvalue weighted by Gasteiger charge is 2.13. The fraction of sp³-hybridized carbons (Fsp3) is 0.583. The molecule has 5 heteroatoms. The van der Waals surface area contributed by atoms with Crippen LogP contribution in [0.3, 0.4) is 0 Å². The molecule has 1 atom stereocenters. The van der Waals surface area contributed by atoms with Gasteiger partial charge in [0.25, 0.3) is 0 Å². The largest absolute Gasteiger partial charge is 0.475 e. The van der Waals surface area contributed by atoms with Gasteiger partial charge in [-0.3, -0.25) is 0 Å². The predicted molar refractivity (Wildman–Crippen MR) is 69.7 cm³/mol. The maximum atomic E-state index is 10.8. The highest BCUT2D eigenvalue weighted by Crippen LogP contribution is 2.14. The van der Waals surface area contributed by atoms with Crippen molar-refractivity contribution in [3.63, 3.8) is 0 Å². The molecule has 1 aromatic rings. The minimum absolute atomic E-state index is 0.0407. The summed E-state index contributed by atoms with van der Waals surface area (Å²) in [6.45, 7) is 5.40. The quantitative estimate of drug-likeness (QED) is 0.785. The SMILES string of the molecule is CSCC(C)CNCc1cc(C)c(C(=O)O)o1. The molecule has 0 fully saturated rings. The summed E-state index contributed by atoms with van der Waals surface area (Å²) in [5, 5.41) is 12.1. The van der Waals surface area contributed by atoms with Gasteiger partial charge in [-0.25, -0.2) is 4.79 Å². The third kappa shape index (κ3) is 4.44. The second-order valence-corrected chi connectivity index (χ2v) is 5.13. The molecule has 0 aliphatic carbocycles. The zero-order valence-electron chi connectivity index (χ0n) is 10.4. The van der Waals surface area contributed by atoms with E-state index in [9.17, 15) is 4.79 Å². The van der Waals surface area contributed by atoms with Crippen molar-refractivity contribution in [1.29, 1.82) is 0 Å². The lowest BCUT2D eigenvalue weighted by Crippen LogP contribution is -2.21. The zero-order valence-corrected chi connectivity index (χ0v) is 11.3. The molecule has 0 aromatic carbocycles. The molecule has 1 aromatic heterocycles. The fourth-order valence-electron chi connectivity index (χ4n) is 1.63. The van der Waals surface area contributed by atoms with Crippen LogP contribution in [0.15, 0.2) is 10.5 Å². The van der Waals surface area contributed by atoms with E-state index in [2.05, 4.69) is 18.5 Å². The Balaban J connectivity index is 2.42. The maximum absolute atomic E-state index is 10.8. The van der Waals surface area contributed by atoms with E-state index in [0.29, 0.717) is 23.8 Å². The molecule has 0 aliphatic rings. The summed E-state index contributed by atoms with van der Waals surface area (Å²) in [4.78, 5) is 10.8. The van der Waals surface area contributed by atoms with E-state index >= 15 is 0 Å². The number of carboxylic acids is 1. The molecule has 0 spiro atoms. The summed E-state index contributed by atoms with van der Waals surface area (Å²) >= 11 is 1.83. The first-order chi connectivity index (χ1) is 8.04. The number of hydrogen-bond acceptors (Lipinski definition) is 4. The molecule has 2 N–H and O–H groups in total. The standard InChI is InChI=1S/C12H19NO3S/c1-8(7-17-3)5-13-6-10-4-9(2)11(16-10)12(14)15/h4,8,13H,5-7H2,1-3H3,(H,14,15). The molecule has 0 saturated heterocycles. The number of aromatic carboxylic acids is 1. The summed E-state index contributed by atoms with van der Waals surface area (Å²) in [6, 6.07) is 1.77. The van der Waals surface area contributed by atoms with Gasteiger partial charge in [-0.15, -0.1) is 0 Å². The minimum atomic E-state index is -1.01. The van der Waals surface area contributed by atoms with Gasteiger partial charge in [0.05, 0.1) is 6.54 Å². The lowest BCUT2D eigenvalue weighted by Gasteiger charge is -2.09. The summed E-state index contributed by atoms with van der Waals surface area (Å²) < 4.78 is 5.25. The van der Waals surface area contributed by atoms with Gasteiger partial charge in [0.1, 0.15) is 5.76 Å². The first kappa shape index (κ1) is 14.1. The maximum Gasteiger partial charge on any atom is 0.372 e. The highest BCUT2D eigenvalue weighted by atomic mass is 32.2. The molecule has 0 bridgehead atoms. The van der Waals surface area contributed by atoms with Crippen molar-refractivity contribution in [1.82, 2.24) is 5.32 Å². The van der Waals surface area contributed by atoms with E-state index in [1.54, 1.807) is 13.0 Å². The van der Waals surface area contributed by atoms with E-state index in [-0.39, 0.29) is 5.76 Å². The van der Waals surface area contributed by atoms with Crippen LogP contribution in [-0.4, -0.2) is 29.6 Å². The third-order valence-electron chi connectivity index (χ3n) is 2.41. The summed E-state index contributed by atoms with van der Waals surface area (Å²) in [5.74, 6) is 1.42. The monoisotopic (exact) mass is 257 g/mol. The number of carbonyl (C=O) groups is 1. The van der Waals surface area contributed by atoms with Crippen molar-refractivity contribution in [2.24, 2.45) is 5.92 Å². The Bertz CT molecular complexity index is 376. The van der Waals surface area contributed by atoms with Crippen LogP contribution in [0, 0.1) is 12.8 Å². The van der Waals surface area contributed by atoms with Crippen LogP contribution in [0.4, 0.5) is 0 Å². The number of thioether (sulfide) groups is 1. The molecular weight excluding hydrogens is 238 g/mol. The Morgan fingerprint density at radius 1 is 1.65 bits per heavy atom. The molecule has 1 rings (SSSR count). The Hall–Kier alpha value is -0.940. The van der Waals surface area contributed by atoms with Crippen molar-refractivity contribution in [2.45, 2.75) is 20.4 Å². The second kappa shape index (κ2) is 6.71. The molecular formula is C12H19NO3S. The molecule has 0 aliphatic heterocycles. The van der Waals surface area contributed by atoms with Crippen molar-refractivity contribution < 1.29 is 14.3 Å². The first-order valence-corrected chi connectivity index (χ1v) is 6.96. The lowest BCUT2D eigenvalue weighted by atomic mass is 10.2. The van der Waals surface area contributed by atoms with E-state index in [0.717, 1.165) is 12.3 Å². The number of furan rings is 1. The molecule has 1 unspecified atom stereocenters. The minimum Gasteiger partial charge on any atom is -0.475 e. The van der Waals surface area contributed by atoms with Crippen LogP contribution in [-0.2, 0) is 6.54 Å². The number of hydrogen-bond donors (Lipinski definition) is 2. The van der Waals surface area contributed by atoms with Gasteiger partial charge in [0.15, 0.2) is 0 Å². The van der Waals surface area contributed by atoms with Crippen LogP contribution in [0.5, 0.6) is 0 Å². The van der Waals surface area contributed by atoms with Crippen LogP contribution in [0.1, 0.15) is 28.8 Å². The van der Waals surface area contributed by atoms with Crippen LogP contribution in [0.2, 0.25) is 0 Å². The van der Waals surface area contributed by atoms with Crippen molar-refractivity contribution in [3.8, 4) is 0 Å². The van der Waals surface area contributed by atoms with Gasteiger partial charge in [-0.2, -0.15) is 11.8 Å². The third-order valence-corrected chi connectivity index (χ3v) is 3.31. The number of aryl methyl sites for hydroxylation is 1. The normalized spacial score (nSPS) is 12.6. The summed E-state index contributed by atoms with van der Waals surface area (Å²) in [5.41, 5.74) is 0.673. The molecule has 0 amide bonds. The molecule has 17 heavy (non-hydrogen) atoms. The zero-order chi connectivity index (χ0) is 12.8. The highest BCUT2D eigenvalue weighted by molar-refractivity contribution is 7.98. The van der Waals surface area contributed by atoms with Crippen LogP contribution in [0.25, 0.3) is 0 Å². The topological polar surface area (TPSA) is 62.5 Å². The van der Waals surface area contributed by atoms with Crippen molar-refractivity contribution >= 4 is 17.7 Å². The fourth-order valence-corrected chi connectivity index (χ4v) is 2.32. The number of carboxylic acid groups (broad SMARTS) is 1. The number of rotatable bonds is 7. The Kier molecular flexibility index (Phi) is 5.58. The van der Waals surface area contributed by atoms with Crippen molar-refractivity contribution in [2.75, 3.05) is 18.6 Å². The Labute approximate surface area is 106 Å². The smallest absolute Gasteiger partial charge is 0.372 e.